The fourth-order valence-electron chi connectivity index (χ4n) is 4.07. The summed E-state index contributed by atoms with van der Waals surface area (Å²) in [5, 5.41) is 7.14. The molecule has 0 aromatic rings. The van der Waals surface area contributed by atoms with Crippen molar-refractivity contribution >= 4 is 29.9 Å². The Morgan fingerprint density at radius 3 is 2.46 bits per heavy atom. The van der Waals surface area contributed by atoms with Crippen molar-refractivity contribution in [3.05, 3.63) is 0 Å². The van der Waals surface area contributed by atoms with Gasteiger partial charge >= 0.3 is 0 Å². The molecule has 0 bridgehead atoms. The largest absolute Gasteiger partial charge is 0.357 e. The molecule has 0 spiro atoms. The molecule has 2 aliphatic rings. The highest BCUT2D eigenvalue weighted by molar-refractivity contribution is 14.0. The molecule has 0 aromatic carbocycles. The molecule has 1 unspecified atom stereocenters. The van der Waals surface area contributed by atoms with Crippen LogP contribution in [-0.4, -0.2) is 73.7 Å². The Balaban J connectivity index is 0.00000338. The number of piperidine rings is 2. The standard InChI is InChI=1S/C20H41N5.HI/c1-5-11-24-13-9-19(10-14-24)23-20(21-6-2)22-15-18-8-7-12-25(16-18)17(3)4;/h17-19H,5-16H2,1-4H3,(H2,21,22,23);1H. The second kappa shape index (κ2) is 13.2. The summed E-state index contributed by atoms with van der Waals surface area (Å²) in [6, 6.07) is 1.23. The first-order valence-electron chi connectivity index (χ1n) is 10.6. The number of nitrogens with one attached hydrogen (secondary N) is 2. The zero-order valence-corrected chi connectivity index (χ0v) is 19.8. The molecular weight excluding hydrogens is 437 g/mol. The second-order valence-electron chi connectivity index (χ2n) is 8.08. The third-order valence-electron chi connectivity index (χ3n) is 5.60. The molecule has 0 amide bonds. The normalized spacial score (nSPS) is 23.7. The van der Waals surface area contributed by atoms with Gasteiger partial charge in [0.25, 0.3) is 0 Å². The van der Waals surface area contributed by atoms with Crippen LogP contribution >= 0.6 is 24.0 Å². The van der Waals surface area contributed by atoms with Gasteiger partial charge in [-0.3, -0.25) is 4.99 Å². The molecule has 2 fully saturated rings. The molecule has 1 atom stereocenters. The van der Waals surface area contributed by atoms with Crippen molar-refractivity contribution in [2.24, 2.45) is 10.9 Å². The van der Waals surface area contributed by atoms with E-state index in [1.54, 1.807) is 0 Å². The van der Waals surface area contributed by atoms with Crippen LogP contribution in [-0.2, 0) is 0 Å². The fraction of sp³-hybridized carbons (Fsp3) is 0.950. The van der Waals surface area contributed by atoms with Crippen molar-refractivity contribution in [3.8, 4) is 0 Å². The van der Waals surface area contributed by atoms with Crippen LogP contribution in [0.25, 0.3) is 0 Å². The minimum atomic E-state index is 0. The Kier molecular flexibility index (Phi) is 12.1. The van der Waals surface area contributed by atoms with E-state index < -0.39 is 0 Å². The van der Waals surface area contributed by atoms with E-state index in [0.29, 0.717) is 18.0 Å². The summed E-state index contributed by atoms with van der Waals surface area (Å²) in [5.74, 6) is 1.73. The summed E-state index contributed by atoms with van der Waals surface area (Å²) in [7, 11) is 0. The quantitative estimate of drug-likeness (QED) is 0.335. The number of aliphatic imine (C=N–C) groups is 1. The van der Waals surface area contributed by atoms with Crippen LogP contribution in [0.1, 0.15) is 59.8 Å². The first-order valence-corrected chi connectivity index (χ1v) is 10.6. The topological polar surface area (TPSA) is 42.9 Å². The van der Waals surface area contributed by atoms with E-state index in [1.165, 1.54) is 64.8 Å². The molecule has 2 rings (SSSR count). The van der Waals surface area contributed by atoms with Gasteiger partial charge < -0.3 is 20.4 Å². The molecule has 2 heterocycles. The van der Waals surface area contributed by atoms with Crippen LogP contribution in [0.2, 0.25) is 0 Å². The monoisotopic (exact) mass is 479 g/mol. The summed E-state index contributed by atoms with van der Waals surface area (Å²) in [6.45, 7) is 17.1. The lowest BCUT2D eigenvalue weighted by Crippen LogP contribution is -2.49. The van der Waals surface area contributed by atoms with Crippen LogP contribution in [0.5, 0.6) is 0 Å². The number of hydrogen-bond acceptors (Lipinski definition) is 3. The number of likely N-dealkylation sites (tertiary alicyclic amines) is 2. The van der Waals surface area contributed by atoms with Crippen LogP contribution in [0.4, 0.5) is 0 Å². The van der Waals surface area contributed by atoms with Crippen molar-refractivity contribution in [1.82, 2.24) is 20.4 Å². The maximum atomic E-state index is 4.93. The van der Waals surface area contributed by atoms with E-state index in [-0.39, 0.29) is 24.0 Å². The minimum absolute atomic E-state index is 0. The molecule has 0 saturated carbocycles. The van der Waals surface area contributed by atoms with Crippen LogP contribution in [0, 0.1) is 5.92 Å². The summed E-state index contributed by atoms with van der Waals surface area (Å²) in [4.78, 5) is 10.1. The Labute approximate surface area is 178 Å². The molecule has 26 heavy (non-hydrogen) atoms. The van der Waals surface area contributed by atoms with Gasteiger partial charge in [0.2, 0.25) is 0 Å². The predicted molar refractivity (Wildman–Crippen MR) is 124 cm³/mol. The maximum absolute atomic E-state index is 4.93. The van der Waals surface area contributed by atoms with Gasteiger partial charge in [-0.15, -0.1) is 24.0 Å². The molecule has 5 nitrogen and oxygen atoms in total. The summed E-state index contributed by atoms with van der Waals surface area (Å²) >= 11 is 0. The predicted octanol–water partition coefficient (Wildman–Crippen LogP) is 3.15. The highest BCUT2D eigenvalue weighted by atomic mass is 127. The Morgan fingerprint density at radius 2 is 1.85 bits per heavy atom. The molecule has 0 radical (unpaired) electrons. The first kappa shape index (κ1) is 24.0. The van der Waals surface area contributed by atoms with E-state index in [0.717, 1.165) is 19.0 Å². The van der Waals surface area contributed by atoms with Crippen LogP contribution < -0.4 is 10.6 Å². The Morgan fingerprint density at radius 1 is 1.12 bits per heavy atom. The number of rotatable bonds is 7. The van der Waals surface area contributed by atoms with E-state index in [4.69, 9.17) is 4.99 Å². The number of halogens is 1. The van der Waals surface area contributed by atoms with Crippen molar-refractivity contribution in [2.45, 2.75) is 71.9 Å². The first-order chi connectivity index (χ1) is 12.1. The van der Waals surface area contributed by atoms with Gasteiger partial charge in [0.05, 0.1) is 0 Å². The zero-order chi connectivity index (χ0) is 18.1. The van der Waals surface area contributed by atoms with Gasteiger partial charge in [0.1, 0.15) is 0 Å². The van der Waals surface area contributed by atoms with Crippen LogP contribution in [0.3, 0.4) is 0 Å². The van der Waals surface area contributed by atoms with E-state index >= 15 is 0 Å². The Bertz CT molecular complexity index is 394. The van der Waals surface area contributed by atoms with Crippen molar-refractivity contribution in [3.63, 3.8) is 0 Å². The fourth-order valence-corrected chi connectivity index (χ4v) is 4.07. The lowest BCUT2D eigenvalue weighted by molar-refractivity contribution is 0.143. The molecule has 0 aromatic heterocycles. The average Bonchev–Trinajstić information content (AvgIpc) is 2.62. The number of nitrogens with zero attached hydrogens (tertiary/aromatic N) is 3. The average molecular weight is 479 g/mol. The van der Waals surface area contributed by atoms with Crippen LogP contribution in [0.15, 0.2) is 4.99 Å². The third kappa shape index (κ3) is 8.30. The molecule has 2 N–H and O–H groups in total. The summed E-state index contributed by atoms with van der Waals surface area (Å²) in [6.07, 6.45) is 6.36. The Hall–Kier alpha value is -0.0800. The SMILES string of the molecule is CCCN1CCC(NC(=NCC2CCCN(C(C)C)C2)NCC)CC1.I. The van der Waals surface area contributed by atoms with Gasteiger partial charge in [0.15, 0.2) is 5.96 Å². The lowest BCUT2D eigenvalue weighted by atomic mass is 9.97. The zero-order valence-electron chi connectivity index (χ0n) is 17.5. The molecule has 6 heteroatoms. The van der Waals surface area contributed by atoms with Gasteiger partial charge in [-0.1, -0.05) is 6.92 Å². The summed E-state index contributed by atoms with van der Waals surface area (Å²) < 4.78 is 0. The van der Waals surface area contributed by atoms with Gasteiger partial charge in [0, 0.05) is 44.8 Å². The highest BCUT2D eigenvalue weighted by Crippen LogP contribution is 2.18. The van der Waals surface area contributed by atoms with E-state index in [9.17, 15) is 0 Å². The van der Waals surface area contributed by atoms with Crippen molar-refractivity contribution in [1.29, 1.82) is 0 Å². The van der Waals surface area contributed by atoms with Gasteiger partial charge in [-0.25, -0.2) is 0 Å². The minimum Gasteiger partial charge on any atom is -0.357 e. The smallest absolute Gasteiger partial charge is 0.191 e. The van der Waals surface area contributed by atoms with Crippen molar-refractivity contribution in [2.75, 3.05) is 45.8 Å². The second-order valence-corrected chi connectivity index (χ2v) is 8.08. The molecule has 2 aliphatic heterocycles. The maximum Gasteiger partial charge on any atom is 0.191 e. The third-order valence-corrected chi connectivity index (χ3v) is 5.60. The highest BCUT2D eigenvalue weighted by Gasteiger charge is 2.22. The van der Waals surface area contributed by atoms with E-state index in [2.05, 4.69) is 48.1 Å². The molecule has 2 saturated heterocycles. The van der Waals surface area contributed by atoms with Gasteiger partial charge in [-0.05, 0) is 71.9 Å². The van der Waals surface area contributed by atoms with Gasteiger partial charge in [-0.2, -0.15) is 0 Å². The molecule has 154 valence electrons. The summed E-state index contributed by atoms with van der Waals surface area (Å²) in [5.41, 5.74) is 0. The number of hydrogen-bond donors (Lipinski definition) is 2. The number of guanidine groups is 1. The molecule has 0 aliphatic carbocycles. The van der Waals surface area contributed by atoms with E-state index in [1.807, 2.05) is 0 Å². The molecular formula is C20H42IN5. The lowest BCUT2D eigenvalue weighted by Gasteiger charge is -2.35. The van der Waals surface area contributed by atoms with Crippen molar-refractivity contribution < 1.29 is 0 Å².